The Balaban J connectivity index is 0.854. The SMILES string of the molecule is CCC(C)C(=O)CCC(C)N(C)C(=O)c1ccc(N2CC(N3CCN(C(=O)Cc4ccc(Nc5cc6c(cn5)CCN(c5cnc(OC)c(NC)c5C)C6)cc4)CC3)C2)cc1C=O. The van der Waals surface area contributed by atoms with Crippen LogP contribution >= 0.6 is 0 Å². The Morgan fingerprint density at radius 2 is 1.70 bits per heavy atom. The number of amides is 2. The number of Topliss-reactive ketones (excluding diaryl/α,β-unsaturated/α-hetero) is 1. The third kappa shape index (κ3) is 10.1. The molecule has 0 bridgehead atoms. The van der Waals surface area contributed by atoms with Gasteiger partial charge in [0.25, 0.3) is 5.91 Å². The molecule has 4 aromatic rings. The summed E-state index contributed by atoms with van der Waals surface area (Å²) in [5.74, 6) is 1.52. The van der Waals surface area contributed by atoms with Gasteiger partial charge in [-0.1, -0.05) is 26.0 Å². The van der Waals surface area contributed by atoms with Crippen molar-refractivity contribution in [2.75, 3.05) is 87.5 Å². The molecular formula is C49H63N9O5. The van der Waals surface area contributed by atoms with Crippen molar-refractivity contribution in [3.63, 3.8) is 0 Å². The molecule has 63 heavy (non-hydrogen) atoms. The zero-order valence-corrected chi connectivity index (χ0v) is 37.9. The predicted molar refractivity (Wildman–Crippen MR) is 249 cm³/mol. The Bertz CT molecular complexity index is 2290. The molecule has 7 rings (SSSR count). The lowest BCUT2D eigenvalue weighted by Crippen LogP contribution is -2.63. The van der Waals surface area contributed by atoms with Crippen LogP contribution in [0.1, 0.15) is 83.0 Å². The van der Waals surface area contributed by atoms with Crippen molar-refractivity contribution in [1.82, 2.24) is 24.7 Å². The van der Waals surface area contributed by atoms with Crippen molar-refractivity contribution < 1.29 is 23.9 Å². The van der Waals surface area contributed by atoms with E-state index in [1.165, 1.54) is 11.1 Å². The second kappa shape index (κ2) is 20.0. The van der Waals surface area contributed by atoms with Gasteiger partial charge in [-0.15, -0.1) is 0 Å². The zero-order valence-electron chi connectivity index (χ0n) is 37.9. The Kier molecular flexibility index (Phi) is 14.3. The molecule has 5 heterocycles. The number of piperazine rings is 1. The summed E-state index contributed by atoms with van der Waals surface area (Å²) in [6.07, 6.45) is 7.69. The average Bonchev–Trinajstić information content (AvgIpc) is 3.29. The van der Waals surface area contributed by atoms with Gasteiger partial charge in [0.15, 0.2) is 6.29 Å². The minimum absolute atomic E-state index is 0.0233. The largest absolute Gasteiger partial charge is 0.480 e. The van der Waals surface area contributed by atoms with E-state index in [1.807, 2.05) is 81.5 Å². The fourth-order valence-electron chi connectivity index (χ4n) is 8.87. The summed E-state index contributed by atoms with van der Waals surface area (Å²) in [4.78, 5) is 71.2. The smallest absolute Gasteiger partial charge is 0.254 e. The number of hydrogen-bond acceptors (Lipinski definition) is 12. The van der Waals surface area contributed by atoms with Gasteiger partial charge >= 0.3 is 0 Å². The van der Waals surface area contributed by atoms with Crippen LogP contribution in [-0.2, 0) is 29.0 Å². The summed E-state index contributed by atoms with van der Waals surface area (Å²) < 4.78 is 5.45. The lowest BCUT2D eigenvalue weighted by molar-refractivity contribution is -0.132. The van der Waals surface area contributed by atoms with Gasteiger partial charge in [0.2, 0.25) is 11.8 Å². The maximum Gasteiger partial charge on any atom is 0.254 e. The van der Waals surface area contributed by atoms with Crippen LogP contribution in [0.4, 0.5) is 28.6 Å². The highest BCUT2D eigenvalue weighted by atomic mass is 16.5. The Morgan fingerprint density at radius 1 is 0.952 bits per heavy atom. The zero-order chi connectivity index (χ0) is 44.8. The van der Waals surface area contributed by atoms with Crippen LogP contribution in [0.3, 0.4) is 0 Å². The van der Waals surface area contributed by atoms with E-state index >= 15 is 0 Å². The van der Waals surface area contributed by atoms with Gasteiger partial charge in [0.05, 0.1) is 31.0 Å². The summed E-state index contributed by atoms with van der Waals surface area (Å²) in [6.45, 7) is 14.2. The number of aldehydes is 1. The number of nitrogens with one attached hydrogen (secondary N) is 2. The van der Waals surface area contributed by atoms with E-state index in [9.17, 15) is 19.2 Å². The number of methoxy groups -OCH3 is 1. The van der Waals surface area contributed by atoms with Gasteiger partial charge in [0, 0.05) is 120 Å². The summed E-state index contributed by atoms with van der Waals surface area (Å²) in [7, 11) is 5.25. The maximum atomic E-state index is 13.4. The lowest BCUT2D eigenvalue weighted by atomic mass is 9.97. The van der Waals surface area contributed by atoms with E-state index in [4.69, 9.17) is 9.72 Å². The molecule has 3 aliphatic heterocycles. The van der Waals surface area contributed by atoms with Crippen molar-refractivity contribution in [3.05, 3.63) is 94.3 Å². The molecule has 14 nitrogen and oxygen atoms in total. The van der Waals surface area contributed by atoms with Crippen LogP contribution in [0.5, 0.6) is 5.88 Å². The van der Waals surface area contributed by atoms with Crippen molar-refractivity contribution in [1.29, 1.82) is 0 Å². The molecule has 3 aliphatic rings. The standard InChI is InChI=1S/C49H63N9O5/c1-8-32(2)44(60)16-9-33(3)54(6)49(62)42-15-14-40(24-38(42)31-59)58-29-41(30-58)55-19-21-56(22-20-55)46(61)23-35-10-12-39(13-11-35)53-45-25-37-28-57(18-17-36(37)26-51-45)43-27-52-48(63-7)47(50-5)34(43)4/h10-15,24-27,31-33,41,50H,8-9,16-23,28-30H2,1-7H3,(H,51,53). The fraction of sp³-hybridized carbons (Fsp3) is 0.469. The number of nitrogens with zero attached hydrogens (tertiary/aromatic N) is 7. The number of aromatic nitrogens is 2. The second-order valence-electron chi connectivity index (χ2n) is 17.4. The highest BCUT2D eigenvalue weighted by Crippen LogP contribution is 2.35. The van der Waals surface area contributed by atoms with E-state index in [0.29, 0.717) is 55.4 Å². The molecule has 14 heteroatoms. The summed E-state index contributed by atoms with van der Waals surface area (Å²) in [5.41, 5.74) is 9.11. The highest BCUT2D eigenvalue weighted by Gasteiger charge is 2.35. The monoisotopic (exact) mass is 857 g/mol. The highest BCUT2D eigenvalue weighted by molar-refractivity contribution is 6.02. The Labute approximate surface area is 372 Å². The first-order valence-corrected chi connectivity index (χ1v) is 22.4. The number of benzene rings is 2. The van der Waals surface area contributed by atoms with Gasteiger partial charge in [-0.2, -0.15) is 0 Å². The molecule has 2 amide bonds. The van der Waals surface area contributed by atoms with Crippen LogP contribution in [0, 0.1) is 12.8 Å². The van der Waals surface area contributed by atoms with Gasteiger partial charge in [-0.3, -0.25) is 24.1 Å². The number of hydrogen-bond donors (Lipinski definition) is 2. The first-order chi connectivity index (χ1) is 30.4. The van der Waals surface area contributed by atoms with Gasteiger partial charge in [-0.05, 0) is 86.2 Å². The maximum absolute atomic E-state index is 13.4. The Hall–Kier alpha value is -6.02. The molecule has 2 atom stereocenters. The number of rotatable bonds is 17. The van der Waals surface area contributed by atoms with E-state index in [1.54, 1.807) is 25.1 Å². The molecule has 2 saturated heterocycles. The van der Waals surface area contributed by atoms with E-state index in [0.717, 1.165) is 98.1 Å². The third-order valence-corrected chi connectivity index (χ3v) is 13.5. The quantitative estimate of drug-likeness (QED) is 0.114. The van der Waals surface area contributed by atoms with E-state index in [2.05, 4.69) is 43.3 Å². The van der Waals surface area contributed by atoms with Crippen LogP contribution in [-0.4, -0.2) is 128 Å². The van der Waals surface area contributed by atoms with Crippen molar-refractivity contribution in [3.8, 4) is 5.88 Å². The molecule has 2 aromatic heterocycles. The summed E-state index contributed by atoms with van der Waals surface area (Å²) in [5, 5.41) is 6.69. The lowest BCUT2D eigenvalue weighted by Gasteiger charge is -2.49. The number of fused-ring (bicyclic) bond motifs is 1. The average molecular weight is 858 g/mol. The number of carbonyl (C=O) groups excluding carboxylic acids is 4. The summed E-state index contributed by atoms with van der Waals surface area (Å²) >= 11 is 0. The van der Waals surface area contributed by atoms with Gasteiger partial charge in [-0.25, -0.2) is 9.97 Å². The first kappa shape index (κ1) is 45.0. The molecule has 2 unspecified atom stereocenters. The van der Waals surface area contributed by atoms with E-state index in [-0.39, 0.29) is 29.6 Å². The third-order valence-electron chi connectivity index (χ3n) is 13.5. The molecule has 0 saturated carbocycles. The van der Waals surface area contributed by atoms with Crippen molar-refractivity contribution in [2.45, 2.75) is 78.4 Å². The van der Waals surface area contributed by atoms with Gasteiger partial charge < -0.3 is 35.0 Å². The van der Waals surface area contributed by atoms with Crippen LogP contribution in [0.15, 0.2) is 60.9 Å². The number of anilines is 5. The van der Waals surface area contributed by atoms with Crippen LogP contribution in [0.25, 0.3) is 0 Å². The summed E-state index contributed by atoms with van der Waals surface area (Å²) in [6, 6.07) is 15.9. The molecule has 0 radical (unpaired) electrons. The number of ether oxygens (including phenoxy) is 1. The Morgan fingerprint density at radius 3 is 2.38 bits per heavy atom. The minimum atomic E-state index is -0.218. The normalized spacial score (nSPS) is 16.4. The molecular weight excluding hydrogens is 795 g/mol. The van der Waals surface area contributed by atoms with E-state index < -0.39 is 0 Å². The second-order valence-corrected chi connectivity index (χ2v) is 17.4. The number of ketones is 1. The molecule has 0 aliphatic carbocycles. The van der Waals surface area contributed by atoms with Gasteiger partial charge in [0.1, 0.15) is 17.3 Å². The molecule has 2 N–H and O–H groups in total. The molecule has 2 fully saturated rings. The topological polar surface area (TPSA) is 144 Å². The van der Waals surface area contributed by atoms with Crippen LogP contribution in [0.2, 0.25) is 0 Å². The molecule has 0 spiro atoms. The first-order valence-electron chi connectivity index (χ1n) is 22.4. The molecule has 2 aromatic carbocycles. The molecule has 334 valence electrons. The fourth-order valence-corrected chi connectivity index (χ4v) is 8.87. The van der Waals surface area contributed by atoms with Crippen molar-refractivity contribution in [2.24, 2.45) is 5.92 Å². The van der Waals surface area contributed by atoms with Crippen LogP contribution < -0.4 is 25.2 Å². The minimum Gasteiger partial charge on any atom is -0.480 e. The number of pyridine rings is 2. The van der Waals surface area contributed by atoms with Crippen molar-refractivity contribution >= 4 is 52.5 Å². The number of carbonyl (C=O) groups is 4. The predicted octanol–water partition coefficient (Wildman–Crippen LogP) is 6.39.